The van der Waals surface area contributed by atoms with Crippen molar-refractivity contribution in [1.29, 1.82) is 0 Å². The van der Waals surface area contributed by atoms with Crippen LogP contribution in [0.3, 0.4) is 0 Å². The molecule has 0 spiro atoms. The smallest absolute Gasteiger partial charge is 0.344 e. The molecule has 0 aliphatic heterocycles. The van der Waals surface area contributed by atoms with Gasteiger partial charge in [0.05, 0.1) is 0 Å². The van der Waals surface area contributed by atoms with Gasteiger partial charge in [-0.2, -0.15) is 0 Å². The molecule has 1 aliphatic rings. The van der Waals surface area contributed by atoms with Crippen LogP contribution in [0.2, 0.25) is 0 Å². The number of hydrogen-bond donors (Lipinski definition) is 0. The van der Waals surface area contributed by atoms with E-state index in [0.29, 0.717) is 60.2 Å². The van der Waals surface area contributed by atoms with E-state index in [1.807, 2.05) is 241 Å². The molecule has 14 nitrogen and oxygen atoms in total. The SMILES string of the molecule is CC(C)(C)OC(=O)COc1c2cccc1Cc1cccc(c1OCc1ccc(I)cc1)Cc1cccc(c1OCC(=O)OC(C)(C)C)Cc1cccc(c1OCC(=O)OC(C)(C)C)Cc1cccc(c1OCc1ccc(I)cc1)Cc1cccc(c1OCC(=O)OC(C)(C)C)C2. The lowest BCUT2D eigenvalue weighted by molar-refractivity contribution is -0.158. The molecule has 504 valence electrons. The molecule has 0 fully saturated rings. The lowest BCUT2D eigenvalue weighted by atomic mass is 9.91. The number of para-hydroxylation sites is 6. The summed E-state index contributed by atoms with van der Waals surface area (Å²) < 4.78 is 66.5. The molecule has 0 unspecified atom stereocenters. The predicted octanol–water partition coefficient (Wildman–Crippen LogP) is 16.8. The monoisotopic (exact) mass is 1520 g/mol. The highest BCUT2D eigenvalue weighted by atomic mass is 127. The third kappa shape index (κ3) is 21.4. The average Bonchev–Trinajstić information content (AvgIpc) is 0.808. The average molecular weight is 1530 g/mol. The van der Waals surface area contributed by atoms with Gasteiger partial charge in [0, 0.05) is 45.7 Å². The molecular weight excluding hydrogens is 1440 g/mol. The van der Waals surface area contributed by atoms with Crippen molar-refractivity contribution < 1.29 is 66.5 Å². The molecule has 9 rings (SSSR count). The molecule has 0 atom stereocenters. The number of carbonyl (C=O) groups is 4. The van der Waals surface area contributed by atoms with Gasteiger partial charge in [-0.05, 0) is 230 Å². The first-order chi connectivity index (χ1) is 45.5. The van der Waals surface area contributed by atoms with Crippen LogP contribution in [0.1, 0.15) is 161 Å². The fourth-order valence-corrected chi connectivity index (χ4v) is 12.0. The summed E-state index contributed by atoms with van der Waals surface area (Å²) in [6.45, 7) is 20.7. The molecule has 0 N–H and O–H groups in total. The molecule has 0 amide bonds. The molecular formula is C80H86I2O14. The van der Waals surface area contributed by atoms with Gasteiger partial charge in [-0.1, -0.05) is 133 Å². The molecule has 0 saturated heterocycles. The van der Waals surface area contributed by atoms with Crippen molar-refractivity contribution in [3.63, 3.8) is 0 Å². The molecule has 16 heteroatoms. The Morgan fingerprint density at radius 1 is 0.271 bits per heavy atom. The van der Waals surface area contributed by atoms with Crippen molar-refractivity contribution >= 4 is 69.1 Å². The Balaban J connectivity index is 1.29. The van der Waals surface area contributed by atoms with Crippen molar-refractivity contribution in [1.82, 2.24) is 0 Å². The minimum absolute atomic E-state index is 0.236. The Bertz CT molecular complexity index is 3590. The third-order valence-corrected chi connectivity index (χ3v) is 16.4. The lowest BCUT2D eigenvalue weighted by Gasteiger charge is -2.24. The van der Waals surface area contributed by atoms with Gasteiger partial charge in [0.25, 0.3) is 0 Å². The van der Waals surface area contributed by atoms with Crippen LogP contribution in [0.25, 0.3) is 0 Å². The van der Waals surface area contributed by atoms with E-state index in [0.717, 1.165) is 85.0 Å². The molecule has 12 bridgehead atoms. The minimum atomic E-state index is -0.777. The Kier molecular flexibility index (Phi) is 23.9. The maximum Gasteiger partial charge on any atom is 0.344 e. The van der Waals surface area contributed by atoms with Crippen molar-refractivity contribution in [2.24, 2.45) is 0 Å². The fourth-order valence-electron chi connectivity index (χ4n) is 11.3. The van der Waals surface area contributed by atoms with E-state index in [2.05, 4.69) is 45.2 Å². The number of hydrogen-bond acceptors (Lipinski definition) is 14. The number of carbonyl (C=O) groups excluding carboxylic acids is 4. The fraction of sp³-hybridized carbons (Fsp3) is 0.350. The summed E-state index contributed by atoms with van der Waals surface area (Å²) in [5, 5.41) is 0. The second-order valence-electron chi connectivity index (χ2n) is 27.8. The minimum Gasteiger partial charge on any atom is -0.488 e. The Morgan fingerprint density at radius 2 is 0.438 bits per heavy atom. The zero-order valence-electron chi connectivity index (χ0n) is 57.0. The summed E-state index contributed by atoms with van der Waals surface area (Å²) in [7, 11) is 0. The number of fused-ring (bicyclic) bond motifs is 12. The standard InChI is InChI=1S/C80H86I2O14/c1-77(2,3)93-67(83)47-89-73-57-23-15-27-61(73)43-62-28-16-24-58(74(62)90-48-68(84)94-78(4,5)6)41-55-21-14-22-56(72(55)88-46-52-33-37-66(82)38-34-52)42-60-26-18-30-64(76(60)92-50-70(86)96-80(10,11)12)44-63-29-17-25-59(75(63)91-49-69(85)95-79(7,8)9)40-54-20-13-19-53(39-57)71(54)87-45-51-31-35-65(81)36-32-51/h13-38H,39-50H2,1-12H3. The van der Waals surface area contributed by atoms with Crippen molar-refractivity contribution in [3.8, 4) is 34.5 Å². The van der Waals surface area contributed by atoms with Gasteiger partial charge in [0.1, 0.15) is 70.1 Å². The maximum atomic E-state index is 13.7. The van der Waals surface area contributed by atoms with E-state index in [1.165, 1.54) is 0 Å². The molecule has 0 aromatic heterocycles. The van der Waals surface area contributed by atoms with E-state index < -0.39 is 46.3 Å². The number of ether oxygens (including phenoxy) is 10. The van der Waals surface area contributed by atoms with E-state index in [4.69, 9.17) is 47.4 Å². The van der Waals surface area contributed by atoms with Gasteiger partial charge in [-0.25, -0.2) is 19.2 Å². The normalized spacial score (nSPS) is 12.6. The first kappa shape index (κ1) is 72.2. The lowest BCUT2D eigenvalue weighted by Crippen LogP contribution is -2.27. The zero-order chi connectivity index (χ0) is 69.0. The van der Waals surface area contributed by atoms with E-state index in [-0.39, 0.29) is 52.5 Å². The van der Waals surface area contributed by atoms with Gasteiger partial charge < -0.3 is 47.4 Å². The summed E-state index contributed by atoms with van der Waals surface area (Å²) in [6.07, 6.45) is 1.66. The van der Waals surface area contributed by atoms with Crippen LogP contribution >= 0.6 is 45.2 Å². The number of benzene rings is 8. The van der Waals surface area contributed by atoms with E-state index >= 15 is 0 Å². The van der Waals surface area contributed by atoms with Gasteiger partial charge in [-0.3, -0.25) is 0 Å². The highest BCUT2D eigenvalue weighted by Crippen LogP contribution is 2.41. The molecule has 1 aliphatic carbocycles. The Labute approximate surface area is 592 Å². The molecule has 0 heterocycles. The van der Waals surface area contributed by atoms with E-state index in [1.54, 1.807) is 0 Å². The van der Waals surface area contributed by atoms with Crippen LogP contribution < -0.4 is 28.4 Å². The summed E-state index contributed by atoms with van der Waals surface area (Å²) in [5.74, 6) is 0.963. The van der Waals surface area contributed by atoms with Crippen LogP contribution in [0.15, 0.2) is 158 Å². The summed E-state index contributed by atoms with van der Waals surface area (Å²) in [4.78, 5) is 54.9. The third-order valence-electron chi connectivity index (χ3n) is 15.0. The van der Waals surface area contributed by atoms with Gasteiger partial charge >= 0.3 is 23.9 Å². The molecule has 0 saturated carbocycles. The molecule has 8 aromatic rings. The first-order valence-corrected chi connectivity index (χ1v) is 34.4. The topological polar surface area (TPSA) is 161 Å². The van der Waals surface area contributed by atoms with Crippen LogP contribution in [0.5, 0.6) is 34.5 Å². The van der Waals surface area contributed by atoms with Crippen LogP contribution in [0.4, 0.5) is 0 Å². The highest BCUT2D eigenvalue weighted by molar-refractivity contribution is 14.1. The van der Waals surface area contributed by atoms with Gasteiger partial charge in [0.15, 0.2) is 26.4 Å². The summed E-state index contributed by atoms with van der Waals surface area (Å²) >= 11 is 4.58. The maximum absolute atomic E-state index is 13.7. The number of esters is 4. The highest BCUT2D eigenvalue weighted by Gasteiger charge is 2.28. The van der Waals surface area contributed by atoms with Crippen LogP contribution in [-0.4, -0.2) is 72.7 Å². The number of rotatable bonds is 18. The molecule has 8 aromatic carbocycles. The number of halogens is 2. The Hall–Kier alpha value is -8.10. The summed E-state index contributed by atoms with van der Waals surface area (Å²) in [5.41, 5.74) is 8.11. The first-order valence-electron chi connectivity index (χ1n) is 32.3. The predicted molar refractivity (Wildman–Crippen MR) is 388 cm³/mol. The summed E-state index contributed by atoms with van der Waals surface area (Å²) in [6, 6.07) is 52.2. The van der Waals surface area contributed by atoms with Crippen molar-refractivity contribution in [2.75, 3.05) is 26.4 Å². The van der Waals surface area contributed by atoms with Crippen molar-refractivity contribution in [3.05, 3.63) is 243 Å². The van der Waals surface area contributed by atoms with Gasteiger partial charge in [-0.15, -0.1) is 0 Å². The largest absolute Gasteiger partial charge is 0.488 e. The second kappa shape index (κ2) is 31.8. The molecule has 96 heavy (non-hydrogen) atoms. The second-order valence-corrected chi connectivity index (χ2v) is 30.3. The van der Waals surface area contributed by atoms with Crippen molar-refractivity contribution in [2.45, 2.75) is 157 Å². The Morgan fingerprint density at radius 3 is 0.604 bits per heavy atom. The zero-order valence-corrected chi connectivity index (χ0v) is 61.3. The van der Waals surface area contributed by atoms with Crippen LogP contribution in [-0.2, 0) is 89.9 Å². The van der Waals surface area contributed by atoms with E-state index in [9.17, 15) is 19.2 Å². The van der Waals surface area contributed by atoms with Crippen LogP contribution in [0, 0.1) is 7.14 Å². The molecule has 0 radical (unpaired) electrons. The van der Waals surface area contributed by atoms with Gasteiger partial charge in [0.2, 0.25) is 0 Å². The quantitative estimate of drug-likeness (QED) is 0.0453.